The van der Waals surface area contributed by atoms with Crippen molar-refractivity contribution in [2.75, 3.05) is 32.6 Å². The predicted octanol–water partition coefficient (Wildman–Crippen LogP) is 6.56. The van der Waals surface area contributed by atoms with E-state index in [1.54, 1.807) is 55.7 Å². The maximum absolute atomic E-state index is 13.1. The molecular weight excluding hydrogens is 693 g/mol. The number of likely N-dealkylation sites (N-methyl/N-ethyl adjacent to an activating group) is 1. The molecule has 5 aromatic rings. The molecule has 11 nitrogen and oxygen atoms in total. The van der Waals surface area contributed by atoms with Crippen molar-refractivity contribution in [2.24, 2.45) is 0 Å². The zero-order valence-corrected chi connectivity index (χ0v) is 29.8. The molecule has 0 saturated heterocycles. The summed E-state index contributed by atoms with van der Waals surface area (Å²) in [7, 11) is 4.53. The summed E-state index contributed by atoms with van der Waals surface area (Å²) < 4.78 is 17.6. The van der Waals surface area contributed by atoms with Crippen LogP contribution in [0.4, 0.5) is 5.69 Å². The highest BCUT2D eigenvalue weighted by Gasteiger charge is 2.20. The van der Waals surface area contributed by atoms with Crippen LogP contribution in [0.5, 0.6) is 17.2 Å². The van der Waals surface area contributed by atoms with E-state index in [1.165, 1.54) is 25.1 Å². The number of pyridine rings is 2. The standard InChI is InChI=1S/C38H35Cl2N5O6/c1-23-18-33(50-21-25-8-5-6-17-42-25)26-9-7-10-31(37(26)44-23)51-22-28-29(39)14-15-30(36(28)40)45(3)35(47)20-43-34(46)16-12-24-11-13-27(38(48)41-2)32(19-24)49-4/h5-19H,20-22H2,1-4H3,(H,41,48)(H,43,46)/b16-12+. The molecule has 0 fully saturated rings. The van der Waals surface area contributed by atoms with E-state index in [9.17, 15) is 14.4 Å². The Morgan fingerprint density at radius 3 is 2.47 bits per heavy atom. The first-order chi connectivity index (χ1) is 24.6. The number of carbonyl (C=O) groups excluding carboxylic acids is 3. The molecule has 3 aromatic carbocycles. The monoisotopic (exact) mass is 727 g/mol. The van der Waals surface area contributed by atoms with Gasteiger partial charge in [-0.3, -0.25) is 19.4 Å². The lowest BCUT2D eigenvalue weighted by Gasteiger charge is -2.21. The Hall–Kier alpha value is -5.65. The molecule has 0 atom stereocenters. The zero-order valence-electron chi connectivity index (χ0n) is 28.3. The van der Waals surface area contributed by atoms with Gasteiger partial charge in [0, 0.05) is 54.1 Å². The van der Waals surface area contributed by atoms with E-state index in [2.05, 4.69) is 15.6 Å². The molecule has 0 bridgehead atoms. The molecule has 0 saturated carbocycles. The third kappa shape index (κ3) is 8.94. The van der Waals surface area contributed by atoms with Crippen LogP contribution in [0.25, 0.3) is 17.0 Å². The number of anilines is 1. The number of aryl methyl sites for hydroxylation is 1. The third-order valence-corrected chi connectivity index (χ3v) is 8.58. The number of aromatic nitrogens is 2. The number of halogens is 2. The SMILES string of the molecule is CNC(=O)c1ccc(/C=C/C(=O)NCC(=O)N(C)c2ccc(Cl)c(COc3cccc4c(OCc5ccccn5)cc(C)nc34)c2Cl)cc1OC. The number of para-hydroxylation sites is 1. The van der Waals surface area contributed by atoms with Crippen molar-refractivity contribution in [3.63, 3.8) is 0 Å². The van der Waals surface area contributed by atoms with Crippen LogP contribution in [0.15, 0.2) is 85.1 Å². The van der Waals surface area contributed by atoms with Gasteiger partial charge in [0.25, 0.3) is 5.91 Å². The topological polar surface area (TPSA) is 132 Å². The van der Waals surface area contributed by atoms with Crippen LogP contribution in [-0.2, 0) is 22.8 Å². The molecule has 2 N–H and O–H groups in total. The van der Waals surface area contributed by atoms with Crippen molar-refractivity contribution in [1.82, 2.24) is 20.6 Å². The van der Waals surface area contributed by atoms with Gasteiger partial charge in [0.05, 0.1) is 35.6 Å². The van der Waals surface area contributed by atoms with Gasteiger partial charge in [-0.2, -0.15) is 0 Å². The minimum atomic E-state index is -0.494. The highest BCUT2D eigenvalue weighted by molar-refractivity contribution is 6.38. The van der Waals surface area contributed by atoms with E-state index in [0.29, 0.717) is 56.8 Å². The maximum Gasteiger partial charge on any atom is 0.254 e. The van der Waals surface area contributed by atoms with Crippen LogP contribution in [0.3, 0.4) is 0 Å². The number of hydrogen-bond acceptors (Lipinski definition) is 8. The number of amides is 3. The van der Waals surface area contributed by atoms with Gasteiger partial charge in [0.15, 0.2) is 0 Å². The molecular formula is C38H35Cl2N5O6. The highest BCUT2D eigenvalue weighted by atomic mass is 35.5. The van der Waals surface area contributed by atoms with Crippen LogP contribution < -0.4 is 29.7 Å². The van der Waals surface area contributed by atoms with Crippen LogP contribution in [0.2, 0.25) is 10.0 Å². The Kier molecular flexibility index (Phi) is 12.1. The summed E-state index contributed by atoms with van der Waals surface area (Å²) in [6, 6.07) is 21.2. The second kappa shape index (κ2) is 16.8. The summed E-state index contributed by atoms with van der Waals surface area (Å²) in [6.07, 6.45) is 4.55. The molecule has 0 radical (unpaired) electrons. The second-order valence-electron chi connectivity index (χ2n) is 11.2. The fraction of sp³-hybridized carbons (Fsp3) is 0.184. The lowest BCUT2D eigenvalue weighted by Crippen LogP contribution is -2.37. The first-order valence-electron chi connectivity index (χ1n) is 15.7. The minimum Gasteiger partial charge on any atom is -0.496 e. The number of rotatable bonds is 13. The van der Waals surface area contributed by atoms with Gasteiger partial charge >= 0.3 is 0 Å². The molecule has 0 aliphatic carbocycles. The van der Waals surface area contributed by atoms with Crippen molar-refractivity contribution in [3.8, 4) is 17.2 Å². The van der Waals surface area contributed by atoms with Gasteiger partial charge in [0.2, 0.25) is 11.8 Å². The third-order valence-electron chi connectivity index (χ3n) is 7.81. The Morgan fingerprint density at radius 1 is 0.922 bits per heavy atom. The van der Waals surface area contributed by atoms with Gasteiger partial charge in [-0.15, -0.1) is 0 Å². The summed E-state index contributed by atoms with van der Waals surface area (Å²) in [6.45, 7) is 1.86. The first kappa shape index (κ1) is 36.6. The smallest absolute Gasteiger partial charge is 0.254 e. The van der Waals surface area contributed by atoms with Crippen molar-refractivity contribution in [3.05, 3.63) is 123 Å². The van der Waals surface area contributed by atoms with E-state index < -0.39 is 11.8 Å². The number of carbonyl (C=O) groups is 3. The quantitative estimate of drug-likeness (QED) is 0.130. The van der Waals surface area contributed by atoms with Crippen LogP contribution in [-0.4, -0.2) is 55.4 Å². The number of ether oxygens (including phenoxy) is 3. The predicted molar refractivity (Wildman–Crippen MR) is 198 cm³/mol. The summed E-state index contributed by atoms with van der Waals surface area (Å²) in [4.78, 5) is 48.0. The molecule has 0 aliphatic heterocycles. The Morgan fingerprint density at radius 2 is 1.73 bits per heavy atom. The van der Waals surface area contributed by atoms with Crippen LogP contribution in [0.1, 0.15) is 32.9 Å². The minimum absolute atomic E-state index is 0.0111. The zero-order chi connectivity index (χ0) is 36.5. The molecule has 5 rings (SSSR count). The molecule has 2 heterocycles. The highest BCUT2D eigenvalue weighted by Crippen LogP contribution is 2.36. The molecule has 13 heteroatoms. The van der Waals surface area contributed by atoms with E-state index in [1.807, 2.05) is 43.3 Å². The lowest BCUT2D eigenvalue weighted by molar-refractivity contribution is -0.122. The molecule has 0 unspecified atom stereocenters. The fourth-order valence-corrected chi connectivity index (χ4v) is 5.70. The van der Waals surface area contributed by atoms with E-state index in [0.717, 1.165) is 16.8 Å². The lowest BCUT2D eigenvalue weighted by atomic mass is 10.1. The number of nitrogens with zero attached hydrogens (tertiary/aromatic N) is 3. The molecule has 0 spiro atoms. The Bertz CT molecular complexity index is 2110. The van der Waals surface area contributed by atoms with Crippen LogP contribution >= 0.6 is 23.2 Å². The Labute approximate surface area is 305 Å². The van der Waals surface area contributed by atoms with Crippen molar-refractivity contribution >= 4 is 63.6 Å². The van der Waals surface area contributed by atoms with Crippen molar-refractivity contribution in [2.45, 2.75) is 20.1 Å². The number of fused-ring (bicyclic) bond motifs is 1. The first-order valence-corrected chi connectivity index (χ1v) is 16.5. The number of nitrogens with one attached hydrogen (secondary N) is 2. The molecule has 0 aliphatic rings. The van der Waals surface area contributed by atoms with Crippen molar-refractivity contribution in [1.29, 1.82) is 0 Å². The molecule has 2 aromatic heterocycles. The summed E-state index contributed by atoms with van der Waals surface area (Å²) in [5, 5.41) is 6.47. The van der Waals surface area contributed by atoms with Gasteiger partial charge in [-0.1, -0.05) is 41.4 Å². The van der Waals surface area contributed by atoms with E-state index in [4.69, 9.17) is 42.4 Å². The normalized spacial score (nSPS) is 10.9. The van der Waals surface area contributed by atoms with Crippen molar-refractivity contribution < 1.29 is 28.6 Å². The van der Waals surface area contributed by atoms with E-state index >= 15 is 0 Å². The van der Waals surface area contributed by atoms with Gasteiger partial charge in [-0.25, -0.2) is 4.98 Å². The fourth-order valence-electron chi connectivity index (χ4n) is 5.09. The second-order valence-corrected chi connectivity index (χ2v) is 12.0. The summed E-state index contributed by atoms with van der Waals surface area (Å²) in [5.74, 6) is 0.294. The largest absolute Gasteiger partial charge is 0.496 e. The molecule has 262 valence electrons. The van der Waals surface area contributed by atoms with Crippen LogP contribution in [0, 0.1) is 6.92 Å². The Balaban J connectivity index is 1.24. The average molecular weight is 729 g/mol. The molecule has 51 heavy (non-hydrogen) atoms. The summed E-state index contributed by atoms with van der Waals surface area (Å²) >= 11 is 13.4. The van der Waals surface area contributed by atoms with Gasteiger partial charge in [-0.05, 0) is 67.1 Å². The maximum atomic E-state index is 13.1. The summed E-state index contributed by atoms with van der Waals surface area (Å²) in [5.41, 5.74) is 3.99. The van der Waals surface area contributed by atoms with Gasteiger partial charge in [0.1, 0.15) is 36.0 Å². The molecule has 3 amide bonds. The van der Waals surface area contributed by atoms with Gasteiger partial charge < -0.3 is 29.7 Å². The van der Waals surface area contributed by atoms with E-state index in [-0.39, 0.29) is 24.1 Å². The number of methoxy groups -OCH3 is 1. The number of benzene rings is 3. The number of hydrogen-bond donors (Lipinski definition) is 2. The average Bonchev–Trinajstić information content (AvgIpc) is 3.14.